The Hall–Kier alpha value is -1.30. The van der Waals surface area contributed by atoms with Gasteiger partial charge in [-0.1, -0.05) is 0 Å². The number of carbonyl (C=O) groups is 2. The van der Waals surface area contributed by atoms with Gasteiger partial charge in [-0.2, -0.15) is 0 Å². The highest BCUT2D eigenvalue weighted by molar-refractivity contribution is 5.92. The Labute approximate surface area is 94.3 Å². The van der Waals surface area contributed by atoms with Crippen molar-refractivity contribution in [2.24, 2.45) is 0 Å². The van der Waals surface area contributed by atoms with Crippen LogP contribution in [0, 0.1) is 0 Å². The van der Waals surface area contributed by atoms with E-state index >= 15 is 0 Å². The molecule has 0 bridgehead atoms. The number of aliphatic hydroxyl groups excluding tert-OH is 1. The Morgan fingerprint density at radius 2 is 2.19 bits per heavy atom. The van der Waals surface area contributed by atoms with Crippen LogP contribution in [0.15, 0.2) is 0 Å². The minimum Gasteiger partial charge on any atom is -0.444 e. The molecule has 0 aliphatic carbocycles. The van der Waals surface area contributed by atoms with Crippen molar-refractivity contribution in [3.8, 4) is 0 Å². The fraction of sp³-hybridized carbons (Fsp3) is 0.800. The van der Waals surface area contributed by atoms with Crippen molar-refractivity contribution in [2.75, 3.05) is 6.61 Å². The van der Waals surface area contributed by atoms with Gasteiger partial charge >= 0.3 is 6.09 Å². The summed E-state index contributed by atoms with van der Waals surface area (Å²) in [5.74, 6) is -0.246. The molecular formula is C10H18N2O4. The van der Waals surface area contributed by atoms with Gasteiger partial charge in [-0.15, -0.1) is 0 Å². The van der Waals surface area contributed by atoms with Crippen LogP contribution in [0.25, 0.3) is 0 Å². The van der Waals surface area contributed by atoms with Crippen molar-refractivity contribution < 1.29 is 19.4 Å². The molecule has 16 heavy (non-hydrogen) atoms. The smallest absolute Gasteiger partial charge is 0.408 e. The van der Waals surface area contributed by atoms with E-state index < -0.39 is 17.7 Å². The lowest BCUT2D eigenvalue weighted by Gasteiger charge is -2.37. The van der Waals surface area contributed by atoms with E-state index in [0.717, 1.165) is 0 Å². The number of ether oxygens (including phenoxy) is 1. The molecule has 1 rings (SSSR count). The van der Waals surface area contributed by atoms with Gasteiger partial charge in [0, 0.05) is 6.61 Å². The second-order valence-corrected chi connectivity index (χ2v) is 4.75. The van der Waals surface area contributed by atoms with Gasteiger partial charge in [0.25, 0.3) is 0 Å². The molecule has 0 saturated carbocycles. The van der Waals surface area contributed by atoms with Gasteiger partial charge in [0.1, 0.15) is 11.6 Å². The maximum atomic E-state index is 11.4. The highest BCUT2D eigenvalue weighted by Crippen LogP contribution is 2.12. The maximum absolute atomic E-state index is 11.4. The molecule has 1 aliphatic heterocycles. The first-order valence-electron chi connectivity index (χ1n) is 5.24. The Kier molecular flexibility index (Phi) is 3.74. The predicted octanol–water partition coefficient (Wildman–Crippen LogP) is -0.240. The van der Waals surface area contributed by atoms with E-state index in [9.17, 15) is 9.59 Å². The SMILES string of the molecule is CC(C)(C)OC(=O)N[C@@H]1C(=O)NC1CCO. The molecule has 0 aromatic heterocycles. The summed E-state index contributed by atoms with van der Waals surface area (Å²) in [6.45, 7) is 5.22. The van der Waals surface area contributed by atoms with Crippen LogP contribution in [0.2, 0.25) is 0 Å². The van der Waals surface area contributed by atoms with Crippen molar-refractivity contribution >= 4 is 12.0 Å². The monoisotopic (exact) mass is 230 g/mol. The number of aliphatic hydroxyl groups is 1. The van der Waals surface area contributed by atoms with E-state index in [1.807, 2.05) is 0 Å². The molecule has 0 aromatic carbocycles. The number of hydrogen-bond donors (Lipinski definition) is 3. The standard InChI is InChI=1S/C10H18N2O4/c1-10(2,3)16-9(15)12-7-6(4-5-13)11-8(7)14/h6-7,13H,4-5H2,1-3H3,(H,11,14)(H,12,15)/t6?,7-/m0/s1. The van der Waals surface area contributed by atoms with Gasteiger partial charge < -0.3 is 20.5 Å². The average Bonchev–Trinajstić information content (AvgIpc) is 2.11. The molecule has 0 aromatic rings. The van der Waals surface area contributed by atoms with Crippen molar-refractivity contribution in [3.63, 3.8) is 0 Å². The molecule has 1 unspecified atom stereocenters. The van der Waals surface area contributed by atoms with Crippen molar-refractivity contribution in [1.82, 2.24) is 10.6 Å². The third kappa shape index (κ3) is 3.37. The molecule has 2 amide bonds. The number of alkyl carbamates (subject to hydrolysis) is 1. The molecule has 3 N–H and O–H groups in total. The largest absolute Gasteiger partial charge is 0.444 e. The lowest BCUT2D eigenvalue weighted by atomic mass is 9.96. The number of β-lactam (4-membered cyclic amide) rings is 1. The van der Waals surface area contributed by atoms with Crippen LogP contribution < -0.4 is 10.6 Å². The highest BCUT2D eigenvalue weighted by atomic mass is 16.6. The van der Waals surface area contributed by atoms with Gasteiger partial charge in [0.2, 0.25) is 5.91 Å². The van der Waals surface area contributed by atoms with Gasteiger partial charge in [-0.05, 0) is 27.2 Å². The van der Waals surface area contributed by atoms with Crippen LogP contribution in [-0.2, 0) is 9.53 Å². The summed E-state index contributed by atoms with van der Waals surface area (Å²) in [6, 6.07) is -0.799. The summed E-state index contributed by atoms with van der Waals surface area (Å²) in [5.41, 5.74) is -0.587. The van der Waals surface area contributed by atoms with Crippen LogP contribution >= 0.6 is 0 Å². The summed E-state index contributed by atoms with van der Waals surface area (Å²) in [5, 5.41) is 13.8. The van der Waals surface area contributed by atoms with E-state index in [1.54, 1.807) is 20.8 Å². The van der Waals surface area contributed by atoms with Crippen molar-refractivity contribution in [2.45, 2.75) is 44.9 Å². The van der Waals surface area contributed by atoms with Gasteiger partial charge in [0.05, 0.1) is 6.04 Å². The van der Waals surface area contributed by atoms with E-state index in [4.69, 9.17) is 9.84 Å². The fourth-order valence-electron chi connectivity index (χ4n) is 1.42. The third-order valence-electron chi connectivity index (χ3n) is 2.12. The second-order valence-electron chi connectivity index (χ2n) is 4.75. The predicted molar refractivity (Wildman–Crippen MR) is 56.8 cm³/mol. The number of carbonyl (C=O) groups excluding carboxylic acids is 2. The lowest BCUT2D eigenvalue weighted by Crippen LogP contribution is -2.69. The number of nitrogens with one attached hydrogen (secondary N) is 2. The molecule has 6 nitrogen and oxygen atoms in total. The van der Waals surface area contributed by atoms with Crippen LogP contribution in [0.4, 0.5) is 4.79 Å². The van der Waals surface area contributed by atoms with Gasteiger partial charge in [-0.3, -0.25) is 4.79 Å². The van der Waals surface area contributed by atoms with Gasteiger partial charge in [0.15, 0.2) is 0 Å². The van der Waals surface area contributed by atoms with E-state index in [-0.39, 0.29) is 18.6 Å². The van der Waals surface area contributed by atoms with Crippen molar-refractivity contribution in [1.29, 1.82) is 0 Å². The average molecular weight is 230 g/mol. The van der Waals surface area contributed by atoms with Crippen LogP contribution in [-0.4, -0.2) is 41.4 Å². The molecule has 1 heterocycles. The molecule has 1 saturated heterocycles. The second kappa shape index (κ2) is 4.69. The molecule has 1 fully saturated rings. The summed E-state index contributed by atoms with van der Waals surface area (Å²) in [4.78, 5) is 22.5. The zero-order valence-corrected chi connectivity index (χ0v) is 9.74. The molecular weight excluding hydrogens is 212 g/mol. The van der Waals surface area contributed by atoms with Crippen molar-refractivity contribution in [3.05, 3.63) is 0 Å². The van der Waals surface area contributed by atoms with E-state index in [2.05, 4.69) is 10.6 Å². The summed E-state index contributed by atoms with van der Waals surface area (Å²) in [7, 11) is 0. The quantitative estimate of drug-likeness (QED) is 0.584. The van der Waals surface area contributed by atoms with E-state index in [1.165, 1.54) is 0 Å². The summed E-state index contributed by atoms with van der Waals surface area (Å²) in [6.07, 6.45) is -0.193. The van der Waals surface area contributed by atoms with E-state index in [0.29, 0.717) is 6.42 Å². The lowest BCUT2D eigenvalue weighted by molar-refractivity contribution is -0.132. The highest BCUT2D eigenvalue weighted by Gasteiger charge is 2.40. The molecule has 0 spiro atoms. The minimum atomic E-state index is -0.615. The first kappa shape index (κ1) is 12.8. The third-order valence-corrected chi connectivity index (χ3v) is 2.12. The molecule has 1 aliphatic rings. The number of hydrogen-bond acceptors (Lipinski definition) is 4. The fourth-order valence-corrected chi connectivity index (χ4v) is 1.42. The first-order valence-corrected chi connectivity index (χ1v) is 5.24. The Morgan fingerprint density at radius 3 is 2.62 bits per heavy atom. The topological polar surface area (TPSA) is 87.7 Å². The number of amides is 2. The Bertz CT molecular complexity index is 285. The molecule has 2 atom stereocenters. The maximum Gasteiger partial charge on any atom is 0.408 e. The molecule has 92 valence electrons. The summed E-state index contributed by atoms with van der Waals surface area (Å²) >= 11 is 0. The van der Waals surface area contributed by atoms with Crippen LogP contribution in [0.3, 0.4) is 0 Å². The molecule has 0 radical (unpaired) electrons. The first-order chi connectivity index (χ1) is 7.33. The van der Waals surface area contributed by atoms with Crippen LogP contribution in [0.5, 0.6) is 0 Å². The normalized spacial score (nSPS) is 24.4. The van der Waals surface area contributed by atoms with Gasteiger partial charge in [-0.25, -0.2) is 4.79 Å². The number of rotatable bonds is 3. The Balaban J connectivity index is 2.41. The van der Waals surface area contributed by atoms with Crippen LogP contribution in [0.1, 0.15) is 27.2 Å². The minimum absolute atomic E-state index is 0.0303. The zero-order chi connectivity index (χ0) is 12.3. The Morgan fingerprint density at radius 1 is 1.56 bits per heavy atom. The summed E-state index contributed by atoms with van der Waals surface area (Å²) < 4.78 is 5.03. The zero-order valence-electron chi connectivity index (χ0n) is 9.74. The molecule has 6 heteroatoms.